The molecule has 1 rings (SSSR count). The van der Waals surface area contributed by atoms with Crippen LogP contribution in [0.1, 0.15) is 20.3 Å². The molecule has 0 aromatic heterocycles. The van der Waals surface area contributed by atoms with Crippen molar-refractivity contribution in [2.75, 3.05) is 13.6 Å². The molecular formula is C9H17N3. The van der Waals surface area contributed by atoms with E-state index >= 15 is 0 Å². The van der Waals surface area contributed by atoms with Crippen LogP contribution in [0, 0.1) is 0 Å². The molecule has 1 N–H and O–H groups in total. The number of nitrogens with one attached hydrogen (secondary N) is 1. The lowest BCUT2D eigenvalue weighted by atomic mass is 10.0. The Morgan fingerprint density at radius 2 is 2.33 bits per heavy atom. The summed E-state index contributed by atoms with van der Waals surface area (Å²) < 4.78 is 0. The van der Waals surface area contributed by atoms with Crippen LogP contribution >= 0.6 is 0 Å². The highest BCUT2D eigenvalue weighted by Gasteiger charge is 2.24. The van der Waals surface area contributed by atoms with Crippen LogP contribution in [0.4, 0.5) is 0 Å². The van der Waals surface area contributed by atoms with E-state index in [2.05, 4.69) is 30.8 Å². The molecule has 0 atom stereocenters. The predicted molar refractivity (Wildman–Crippen MR) is 52.1 cm³/mol. The second kappa shape index (κ2) is 3.27. The van der Waals surface area contributed by atoms with Crippen LogP contribution in [0.2, 0.25) is 0 Å². The van der Waals surface area contributed by atoms with Gasteiger partial charge in [0.1, 0.15) is 0 Å². The predicted octanol–water partition coefficient (Wildman–Crippen LogP) is 1.19. The Balaban J connectivity index is 2.81. The first-order valence-electron chi connectivity index (χ1n) is 4.24. The van der Waals surface area contributed by atoms with Crippen molar-refractivity contribution >= 4 is 6.21 Å². The molecule has 68 valence electrons. The fourth-order valence-electron chi connectivity index (χ4n) is 1.21. The molecule has 0 unspecified atom stereocenters. The van der Waals surface area contributed by atoms with E-state index in [1.54, 1.807) is 0 Å². The molecule has 3 nitrogen and oxygen atoms in total. The molecule has 1 heterocycles. The van der Waals surface area contributed by atoms with Crippen LogP contribution in [-0.4, -0.2) is 30.4 Å². The molecule has 0 aromatic carbocycles. The summed E-state index contributed by atoms with van der Waals surface area (Å²) in [6.07, 6.45) is 2.88. The normalized spacial score (nSPS) is 26.2. The van der Waals surface area contributed by atoms with Crippen LogP contribution in [0.3, 0.4) is 0 Å². The van der Waals surface area contributed by atoms with Gasteiger partial charge in [-0.25, -0.2) is 0 Å². The Morgan fingerprint density at radius 3 is 3.00 bits per heavy atom. The summed E-state index contributed by atoms with van der Waals surface area (Å²) in [6.45, 7) is 9.20. The minimum Gasteiger partial charge on any atom is -0.306 e. The molecule has 0 saturated carbocycles. The summed E-state index contributed by atoms with van der Waals surface area (Å²) in [5.74, 6) is 0. The van der Waals surface area contributed by atoms with E-state index in [0.29, 0.717) is 0 Å². The monoisotopic (exact) mass is 167 g/mol. The highest BCUT2D eigenvalue weighted by atomic mass is 15.4. The molecule has 0 bridgehead atoms. The van der Waals surface area contributed by atoms with Gasteiger partial charge in [0.15, 0.2) is 0 Å². The maximum absolute atomic E-state index is 4.23. The molecule has 0 aromatic rings. The average molecular weight is 167 g/mol. The Labute approximate surface area is 74.1 Å². The molecule has 0 spiro atoms. The minimum atomic E-state index is -0.0491. The van der Waals surface area contributed by atoms with Gasteiger partial charge in [-0.3, -0.25) is 5.01 Å². The van der Waals surface area contributed by atoms with Gasteiger partial charge in [-0.1, -0.05) is 6.58 Å². The summed E-state index contributed by atoms with van der Waals surface area (Å²) in [4.78, 5) is 0. The van der Waals surface area contributed by atoms with Crippen LogP contribution in [0.5, 0.6) is 0 Å². The van der Waals surface area contributed by atoms with Crippen molar-refractivity contribution in [1.82, 2.24) is 10.3 Å². The molecule has 0 aliphatic carbocycles. The van der Waals surface area contributed by atoms with Gasteiger partial charge in [-0.05, 0) is 20.3 Å². The Hall–Kier alpha value is -0.830. The Morgan fingerprint density at radius 1 is 1.67 bits per heavy atom. The zero-order chi connectivity index (χ0) is 9.19. The fourth-order valence-corrected chi connectivity index (χ4v) is 1.21. The maximum atomic E-state index is 4.23. The largest absolute Gasteiger partial charge is 0.306 e. The first kappa shape index (κ1) is 9.26. The van der Waals surface area contributed by atoms with Crippen molar-refractivity contribution in [2.45, 2.75) is 25.8 Å². The average Bonchev–Trinajstić information content (AvgIpc) is 2.00. The molecule has 0 radical (unpaired) electrons. The third kappa shape index (κ3) is 1.85. The van der Waals surface area contributed by atoms with Crippen molar-refractivity contribution in [3.63, 3.8) is 0 Å². The standard InChI is InChI=1S/C9H17N3/c1-8-9(2,3)10-6-5-7-11-12(8)4/h7,10H,1,5-6H2,2-4H3/b11-7-. The van der Waals surface area contributed by atoms with Crippen LogP contribution < -0.4 is 5.32 Å². The zero-order valence-electron chi connectivity index (χ0n) is 8.09. The van der Waals surface area contributed by atoms with Crippen molar-refractivity contribution in [2.24, 2.45) is 5.10 Å². The van der Waals surface area contributed by atoms with Crippen molar-refractivity contribution < 1.29 is 0 Å². The highest BCUT2D eigenvalue weighted by Crippen LogP contribution is 2.17. The molecule has 1 aliphatic rings. The van der Waals surface area contributed by atoms with Gasteiger partial charge in [0.25, 0.3) is 0 Å². The first-order valence-corrected chi connectivity index (χ1v) is 4.24. The molecule has 0 fully saturated rings. The van der Waals surface area contributed by atoms with Crippen LogP contribution in [-0.2, 0) is 0 Å². The summed E-state index contributed by atoms with van der Waals surface area (Å²) in [5.41, 5.74) is 0.949. The fraction of sp³-hybridized carbons (Fsp3) is 0.667. The van der Waals surface area contributed by atoms with E-state index in [1.165, 1.54) is 0 Å². The van der Waals surface area contributed by atoms with E-state index in [9.17, 15) is 0 Å². The SMILES string of the molecule is C=C1N(C)/N=C\CCNC1(C)C. The molecule has 12 heavy (non-hydrogen) atoms. The first-order chi connectivity index (χ1) is 5.54. The lowest BCUT2D eigenvalue weighted by Crippen LogP contribution is -2.46. The molecule has 3 heteroatoms. The van der Waals surface area contributed by atoms with E-state index < -0.39 is 0 Å². The van der Waals surface area contributed by atoms with Gasteiger partial charge in [0.05, 0.1) is 5.54 Å². The van der Waals surface area contributed by atoms with Crippen molar-refractivity contribution in [3.8, 4) is 0 Å². The third-order valence-corrected chi connectivity index (χ3v) is 2.21. The van der Waals surface area contributed by atoms with Crippen LogP contribution in [0.25, 0.3) is 0 Å². The molecule has 0 amide bonds. The van der Waals surface area contributed by atoms with Gasteiger partial charge >= 0.3 is 0 Å². The van der Waals surface area contributed by atoms with E-state index in [4.69, 9.17) is 0 Å². The smallest absolute Gasteiger partial charge is 0.0541 e. The number of likely N-dealkylation sites (N-methyl/N-ethyl adjacent to an activating group) is 1. The second-order valence-corrected chi connectivity index (χ2v) is 3.61. The maximum Gasteiger partial charge on any atom is 0.0541 e. The summed E-state index contributed by atoms with van der Waals surface area (Å²) in [5, 5.41) is 9.46. The van der Waals surface area contributed by atoms with Gasteiger partial charge < -0.3 is 5.32 Å². The minimum absolute atomic E-state index is 0.0491. The third-order valence-electron chi connectivity index (χ3n) is 2.21. The van der Waals surface area contributed by atoms with Gasteiger partial charge in [-0.15, -0.1) is 0 Å². The van der Waals surface area contributed by atoms with Crippen molar-refractivity contribution in [1.29, 1.82) is 0 Å². The number of rotatable bonds is 0. The number of hydrogen-bond donors (Lipinski definition) is 1. The van der Waals surface area contributed by atoms with Crippen molar-refractivity contribution in [3.05, 3.63) is 12.3 Å². The quantitative estimate of drug-likeness (QED) is 0.587. The Bertz CT molecular complexity index is 206. The molecule has 1 aliphatic heterocycles. The molecular weight excluding hydrogens is 150 g/mol. The summed E-state index contributed by atoms with van der Waals surface area (Å²) in [6, 6.07) is 0. The lowest BCUT2D eigenvalue weighted by molar-refractivity contribution is 0.318. The lowest BCUT2D eigenvalue weighted by Gasteiger charge is -2.33. The van der Waals surface area contributed by atoms with E-state index in [0.717, 1.165) is 18.7 Å². The zero-order valence-corrected chi connectivity index (χ0v) is 8.09. The summed E-state index contributed by atoms with van der Waals surface area (Å²) >= 11 is 0. The number of nitrogens with zero attached hydrogens (tertiary/aromatic N) is 2. The van der Waals surface area contributed by atoms with Crippen LogP contribution in [0.15, 0.2) is 17.4 Å². The Kier molecular flexibility index (Phi) is 2.52. The van der Waals surface area contributed by atoms with Gasteiger partial charge in [0, 0.05) is 25.5 Å². The highest BCUT2D eigenvalue weighted by molar-refractivity contribution is 5.57. The van der Waals surface area contributed by atoms with E-state index in [-0.39, 0.29) is 5.54 Å². The number of hydrazone groups is 1. The second-order valence-electron chi connectivity index (χ2n) is 3.61. The van der Waals surface area contributed by atoms with Gasteiger partial charge in [-0.2, -0.15) is 5.10 Å². The number of hydrogen-bond acceptors (Lipinski definition) is 3. The topological polar surface area (TPSA) is 27.6 Å². The van der Waals surface area contributed by atoms with E-state index in [1.807, 2.05) is 18.3 Å². The molecule has 0 saturated heterocycles. The van der Waals surface area contributed by atoms with Gasteiger partial charge in [0.2, 0.25) is 0 Å². The summed E-state index contributed by atoms with van der Waals surface area (Å²) in [7, 11) is 1.92.